The Balaban J connectivity index is 1.96. The molecule has 0 amide bonds. The molecule has 1 aromatic heterocycles. The van der Waals surface area contributed by atoms with Gasteiger partial charge in [0.1, 0.15) is 5.82 Å². The van der Waals surface area contributed by atoms with Crippen LogP contribution in [0.5, 0.6) is 0 Å². The summed E-state index contributed by atoms with van der Waals surface area (Å²) in [6, 6.07) is 0.309. The molecule has 2 atom stereocenters. The molecule has 1 saturated heterocycles. The molecule has 92 valence electrons. The molecule has 0 bridgehead atoms. The zero-order chi connectivity index (χ0) is 12.3. The molecule has 1 aliphatic rings. The van der Waals surface area contributed by atoms with Gasteiger partial charge in [-0.1, -0.05) is 0 Å². The average Bonchev–Trinajstić information content (AvgIpc) is 2.29. The van der Waals surface area contributed by atoms with Crippen LogP contribution in [0.4, 0.5) is 5.82 Å². The third-order valence-corrected chi connectivity index (χ3v) is 2.71. The van der Waals surface area contributed by atoms with Crippen molar-refractivity contribution in [3.63, 3.8) is 0 Å². The summed E-state index contributed by atoms with van der Waals surface area (Å²) in [5.74, 6) is -0.460. The highest BCUT2D eigenvalue weighted by atomic mass is 16.5. The zero-order valence-electron chi connectivity index (χ0n) is 9.59. The Morgan fingerprint density at radius 2 is 2.35 bits per heavy atom. The van der Waals surface area contributed by atoms with E-state index in [-0.39, 0.29) is 11.8 Å². The minimum Gasteiger partial charge on any atom is -0.476 e. The fourth-order valence-corrected chi connectivity index (χ4v) is 1.85. The summed E-state index contributed by atoms with van der Waals surface area (Å²) >= 11 is 0. The smallest absolute Gasteiger partial charge is 0.356 e. The number of ether oxygens (including phenoxy) is 1. The maximum absolute atomic E-state index is 10.6. The summed E-state index contributed by atoms with van der Waals surface area (Å²) in [5.41, 5.74) is -0.0455. The van der Waals surface area contributed by atoms with E-state index >= 15 is 0 Å². The largest absolute Gasteiger partial charge is 0.476 e. The molecular formula is C11H15N3O3. The van der Waals surface area contributed by atoms with Crippen LogP contribution in [0.1, 0.15) is 30.3 Å². The second-order valence-electron chi connectivity index (χ2n) is 4.14. The van der Waals surface area contributed by atoms with Gasteiger partial charge in [-0.05, 0) is 19.8 Å². The quantitative estimate of drug-likeness (QED) is 0.820. The van der Waals surface area contributed by atoms with E-state index in [1.807, 2.05) is 6.92 Å². The van der Waals surface area contributed by atoms with Crippen LogP contribution in [0.25, 0.3) is 0 Å². The Morgan fingerprint density at radius 1 is 1.53 bits per heavy atom. The van der Waals surface area contributed by atoms with Crippen molar-refractivity contribution in [2.24, 2.45) is 0 Å². The average molecular weight is 237 g/mol. The summed E-state index contributed by atoms with van der Waals surface area (Å²) in [6.07, 6.45) is 4.79. The SMILES string of the molecule is CC1CC(Nc2cnc(C(=O)O)cn2)CCO1. The van der Waals surface area contributed by atoms with E-state index in [1.165, 1.54) is 12.4 Å². The summed E-state index contributed by atoms with van der Waals surface area (Å²) in [7, 11) is 0. The maximum Gasteiger partial charge on any atom is 0.356 e. The number of nitrogens with zero attached hydrogens (tertiary/aromatic N) is 2. The van der Waals surface area contributed by atoms with E-state index in [9.17, 15) is 4.79 Å². The first-order valence-electron chi connectivity index (χ1n) is 5.58. The molecule has 17 heavy (non-hydrogen) atoms. The first-order chi connectivity index (χ1) is 8.15. The van der Waals surface area contributed by atoms with Crippen LogP contribution in [-0.2, 0) is 4.74 Å². The van der Waals surface area contributed by atoms with E-state index in [1.54, 1.807) is 0 Å². The summed E-state index contributed by atoms with van der Waals surface area (Å²) in [6.45, 7) is 2.77. The van der Waals surface area contributed by atoms with Gasteiger partial charge < -0.3 is 15.2 Å². The first-order valence-corrected chi connectivity index (χ1v) is 5.58. The van der Waals surface area contributed by atoms with E-state index in [2.05, 4.69) is 15.3 Å². The van der Waals surface area contributed by atoms with Crippen LogP contribution in [0.15, 0.2) is 12.4 Å². The standard InChI is InChI=1S/C11H15N3O3/c1-7-4-8(2-3-17-7)14-10-6-12-9(5-13-10)11(15)16/h5-8H,2-4H2,1H3,(H,13,14)(H,15,16). The highest BCUT2D eigenvalue weighted by Gasteiger charge is 2.19. The fraction of sp³-hybridized carbons (Fsp3) is 0.545. The third-order valence-electron chi connectivity index (χ3n) is 2.71. The molecule has 0 saturated carbocycles. The van der Waals surface area contributed by atoms with E-state index in [4.69, 9.17) is 9.84 Å². The molecule has 0 radical (unpaired) electrons. The summed E-state index contributed by atoms with van der Waals surface area (Å²) in [5, 5.41) is 11.9. The predicted molar refractivity (Wildman–Crippen MR) is 61.1 cm³/mol. The van der Waals surface area contributed by atoms with Crippen LogP contribution in [0, 0.1) is 0 Å². The molecule has 1 fully saturated rings. The summed E-state index contributed by atoms with van der Waals surface area (Å²) < 4.78 is 5.44. The second-order valence-corrected chi connectivity index (χ2v) is 4.14. The normalized spacial score (nSPS) is 24.3. The lowest BCUT2D eigenvalue weighted by Gasteiger charge is -2.28. The van der Waals surface area contributed by atoms with Crippen molar-refractivity contribution in [2.45, 2.75) is 31.9 Å². The molecule has 2 unspecified atom stereocenters. The molecule has 0 aromatic carbocycles. The summed E-state index contributed by atoms with van der Waals surface area (Å²) in [4.78, 5) is 18.4. The van der Waals surface area contributed by atoms with Gasteiger partial charge in [0.15, 0.2) is 5.69 Å². The Hall–Kier alpha value is -1.69. The van der Waals surface area contributed by atoms with Crippen molar-refractivity contribution >= 4 is 11.8 Å². The third kappa shape index (κ3) is 3.13. The lowest BCUT2D eigenvalue weighted by Crippen LogP contribution is -2.32. The zero-order valence-corrected chi connectivity index (χ0v) is 9.59. The van der Waals surface area contributed by atoms with Crippen LogP contribution in [0.2, 0.25) is 0 Å². The monoisotopic (exact) mass is 237 g/mol. The Morgan fingerprint density at radius 3 is 2.94 bits per heavy atom. The van der Waals surface area contributed by atoms with E-state index in [0.717, 1.165) is 19.4 Å². The molecule has 1 aromatic rings. The fourth-order valence-electron chi connectivity index (χ4n) is 1.85. The lowest BCUT2D eigenvalue weighted by molar-refractivity contribution is 0.0231. The molecule has 1 aliphatic heterocycles. The Labute approximate surface area is 99.0 Å². The first kappa shape index (κ1) is 11.8. The molecule has 2 heterocycles. The number of aromatic nitrogens is 2. The topological polar surface area (TPSA) is 84.3 Å². The number of carboxylic acids is 1. The van der Waals surface area contributed by atoms with Crippen molar-refractivity contribution in [3.8, 4) is 0 Å². The van der Waals surface area contributed by atoms with Crippen molar-refractivity contribution < 1.29 is 14.6 Å². The highest BCUT2D eigenvalue weighted by molar-refractivity contribution is 5.84. The number of hydrogen-bond donors (Lipinski definition) is 2. The Kier molecular flexibility index (Phi) is 3.53. The number of aromatic carboxylic acids is 1. The molecule has 0 aliphatic carbocycles. The predicted octanol–water partition coefficient (Wildman–Crippen LogP) is 1.15. The number of anilines is 1. The van der Waals surface area contributed by atoms with Crippen molar-refractivity contribution in [3.05, 3.63) is 18.1 Å². The van der Waals surface area contributed by atoms with Crippen molar-refractivity contribution in [1.82, 2.24) is 9.97 Å². The minimum atomic E-state index is -1.07. The van der Waals surface area contributed by atoms with E-state index < -0.39 is 5.97 Å². The molecule has 6 heteroatoms. The van der Waals surface area contributed by atoms with Crippen molar-refractivity contribution in [1.29, 1.82) is 0 Å². The van der Waals surface area contributed by atoms with Gasteiger partial charge in [-0.2, -0.15) is 0 Å². The maximum atomic E-state index is 10.6. The van der Waals surface area contributed by atoms with Crippen LogP contribution in [0.3, 0.4) is 0 Å². The van der Waals surface area contributed by atoms with Crippen LogP contribution in [-0.4, -0.2) is 39.8 Å². The Bertz CT molecular complexity index is 393. The van der Waals surface area contributed by atoms with Gasteiger partial charge in [0, 0.05) is 12.6 Å². The van der Waals surface area contributed by atoms with Gasteiger partial charge in [-0.15, -0.1) is 0 Å². The molecule has 6 nitrogen and oxygen atoms in total. The molecule has 2 N–H and O–H groups in total. The van der Waals surface area contributed by atoms with Crippen LogP contribution >= 0.6 is 0 Å². The minimum absolute atomic E-state index is 0.0455. The van der Waals surface area contributed by atoms with E-state index in [0.29, 0.717) is 11.9 Å². The molecule has 0 spiro atoms. The van der Waals surface area contributed by atoms with Crippen molar-refractivity contribution in [2.75, 3.05) is 11.9 Å². The number of carboxylic acid groups (broad SMARTS) is 1. The highest BCUT2D eigenvalue weighted by Crippen LogP contribution is 2.16. The van der Waals surface area contributed by atoms with Gasteiger partial charge in [-0.3, -0.25) is 0 Å². The number of nitrogens with one attached hydrogen (secondary N) is 1. The van der Waals surface area contributed by atoms with Gasteiger partial charge in [-0.25, -0.2) is 14.8 Å². The van der Waals surface area contributed by atoms with Gasteiger partial charge >= 0.3 is 5.97 Å². The lowest BCUT2D eigenvalue weighted by atomic mass is 10.0. The number of rotatable bonds is 3. The van der Waals surface area contributed by atoms with Gasteiger partial charge in [0.05, 0.1) is 18.5 Å². The van der Waals surface area contributed by atoms with Gasteiger partial charge in [0.2, 0.25) is 0 Å². The molecular weight excluding hydrogens is 222 g/mol. The molecule has 2 rings (SSSR count). The number of hydrogen-bond acceptors (Lipinski definition) is 5. The van der Waals surface area contributed by atoms with Gasteiger partial charge in [0.25, 0.3) is 0 Å². The number of carbonyl (C=O) groups is 1. The second kappa shape index (κ2) is 5.09. The van der Waals surface area contributed by atoms with Crippen LogP contribution < -0.4 is 5.32 Å².